The molecule has 1 aromatic carbocycles. The predicted molar refractivity (Wildman–Crippen MR) is 211 cm³/mol. The number of nitrogens with one attached hydrogen (secondary N) is 1. The van der Waals surface area contributed by atoms with Crippen LogP contribution in [0.1, 0.15) is 139 Å². The number of carbonyl (C=O) groups excluding carboxylic acids is 3. The van der Waals surface area contributed by atoms with Crippen LogP contribution in [0.2, 0.25) is 0 Å². The maximum atomic E-state index is 14.1. The van der Waals surface area contributed by atoms with Crippen molar-refractivity contribution in [1.82, 2.24) is 5.32 Å². The number of carbonyl (C=O) groups is 4. The number of Topliss-reactive ketones (excluding diaryl/α,β-unsaturated/α-hetero) is 1. The van der Waals surface area contributed by atoms with Crippen molar-refractivity contribution in [1.29, 1.82) is 0 Å². The van der Waals surface area contributed by atoms with Crippen LogP contribution in [-0.4, -0.2) is 41.6 Å². The summed E-state index contributed by atoms with van der Waals surface area (Å²) < 4.78 is 17.4. The smallest absolute Gasteiger partial charge is 0.309 e. The van der Waals surface area contributed by atoms with Crippen molar-refractivity contribution in [3.63, 3.8) is 0 Å². The molecule has 1 aromatic rings. The minimum absolute atomic E-state index is 0.00300. The van der Waals surface area contributed by atoms with Crippen LogP contribution in [0, 0.1) is 68.0 Å². The topological polar surface area (TPSA) is 128 Å². The zero-order chi connectivity index (χ0) is 40.4. The number of carboxylic acid groups (broad SMARTS) is 1. The minimum Gasteiger partial charge on any atom is -0.481 e. The van der Waals surface area contributed by atoms with E-state index in [1.165, 1.54) is 5.57 Å². The molecule has 0 bridgehead atoms. The summed E-state index contributed by atoms with van der Waals surface area (Å²) in [6, 6.07) is 5.77. The van der Waals surface area contributed by atoms with Gasteiger partial charge >= 0.3 is 11.9 Å². The number of aliphatic carboxylic acids is 1. The second kappa shape index (κ2) is 13.1. The predicted octanol–water partition coefficient (Wildman–Crippen LogP) is 9.06. The SMILES string of the molecule is CC(C)C1=C2[C@H]3CC[C@@H]4[C@@]5(C)CC[C@H](OC(=O)[C@H]6C[C@@H](C(=O)O)C6(C)C)C(C)(C)[C@@H]5CC[C@@]4(C)[C@]3(C)CCC2(CC(=O)NCc2ccc3c(c2)OCO3)CC1=O. The molecule has 9 heteroatoms. The van der Waals surface area contributed by atoms with Crippen molar-refractivity contribution < 1.29 is 38.5 Å². The Labute approximate surface area is 333 Å². The third-order valence-corrected chi connectivity index (χ3v) is 18.0. The Balaban J connectivity index is 1.02. The normalized spacial score (nSPS) is 40.1. The quantitative estimate of drug-likeness (QED) is 0.251. The molecule has 0 spiro atoms. The highest BCUT2D eigenvalue weighted by molar-refractivity contribution is 6.01. The molecule has 1 heterocycles. The Kier molecular flexibility index (Phi) is 9.21. The fourth-order valence-corrected chi connectivity index (χ4v) is 14.7. The average molecular weight is 772 g/mol. The van der Waals surface area contributed by atoms with Gasteiger partial charge in [0, 0.05) is 30.2 Å². The lowest BCUT2D eigenvalue weighted by atomic mass is 9.33. The first-order chi connectivity index (χ1) is 26.2. The molecule has 1 amide bonds. The van der Waals surface area contributed by atoms with Crippen LogP contribution >= 0.6 is 0 Å². The van der Waals surface area contributed by atoms with Crippen LogP contribution in [0.3, 0.4) is 0 Å². The third-order valence-electron chi connectivity index (χ3n) is 18.0. The van der Waals surface area contributed by atoms with Crippen molar-refractivity contribution in [2.45, 2.75) is 146 Å². The monoisotopic (exact) mass is 771 g/mol. The van der Waals surface area contributed by atoms with Gasteiger partial charge in [-0.1, -0.05) is 74.0 Å². The van der Waals surface area contributed by atoms with Crippen LogP contribution in [-0.2, 0) is 30.5 Å². The summed E-state index contributed by atoms with van der Waals surface area (Å²) in [7, 11) is 0. The van der Waals surface area contributed by atoms with Crippen molar-refractivity contribution in [3.05, 3.63) is 34.9 Å². The molecule has 6 aliphatic carbocycles. The Bertz CT molecular complexity index is 1880. The first-order valence-electron chi connectivity index (χ1n) is 21.6. The first kappa shape index (κ1) is 39.5. The second-order valence-electron chi connectivity index (χ2n) is 21.4. The molecule has 5 fully saturated rings. The molecule has 2 N–H and O–H groups in total. The third kappa shape index (κ3) is 5.57. The number of hydrogen-bond donors (Lipinski definition) is 2. The highest BCUT2D eigenvalue weighted by Gasteiger charge is 2.70. The van der Waals surface area contributed by atoms with E-state index < -0.39 is 22.7 Å². The number of allylic oxidation sites excluding steroid dienone is 2. The molecular formula is C47H65NO8. The average Bonchev–Trinajstić information content (AvgIpc) is 3.69. The molecule has 0 saturated heterocycles. The molecule has 56 heavy (non-hydrogen) atoms. The lowest BCUT2D eigenvalue weighted by Crippen LogP contribution is -2.66. The van der Waals surface area contributed by atoms with Crippen molar-refractivity contribution in [2.75, 3.05) is 6.79 Å². The van der Waals surface area contributed by atoms with Crippen LogP contribution in [0.4, 0.5) is 0 Å². The Morgan fingerprint density at radius 1 is 0.857 bits per heavy atom. The molecule has 9 nitrogen and oxygen atoms in total. The van der Waals surface area contributed by atoms with Crippen LogP contribution in [0.5, 0.6) is 11.5 Å². The lowest BCUT2D eigenvalue weighted by Gasteiger charge is -2.72. The van der Waals surface area contributed by atoms with Crippen LogP contribution in [0.15, 0.2) is 29.3 Å². The van der Waals surface area contributed by atoms with Gasteiger partial charge in [0.15, 0.2) is 17.3 Å². The standard InChI is InChI=1S/C47H65NO8/c1-26(2)38-31(49)22-47(23-37(50)48-24-27-10-12-32-33(20-27)55-25-54-32)19-18-45(8)28(39(38)47)11-13-35-44(7)16-15-36(43(5,6)34(44)14-17-46(35,45)9)56-41(53)30-21-29(40(51)52)42(30,3)4/h10,12,20,26,28-30,34-36H,11,13-19,21-25H2,1-9H3,(H,48,50)(H,51,52)/t28-,29+,30-,34+,35-,36+,44+,45-,46-,47?/m1/s1. The number of carboxylic acids is 1. The summed E-state index contributed by atoms with van der Waals surface area (Å²) in [6.45, 7) is 21.0. The van der Waals surface area contributed by atoms with Gasteiger partial charge in [-0.2, -0.15) is 0 Å². The van der Waals surface area contributed by atoms with E-state index in [0.29, 0.717) is 43.4 Å². The van der Waals surface area contributed by atoms with Crippen molar-refractivity contribution >= 4 is 23.6 Å². The highest BCUT2D eigenvalue weighted by atomic mass is 16.7. The van der Waals surface area contributed by atoms with Gasteiger partial charge in [0.05, 0.1) is 11.8 Å². The Morgan fingerprint density at radius 3 is 2.29 bits per heavy atom. The molecule has 7 aliphatic rings. The van der Waals surface area contributed by atoms with E-state index in [9.17, 15) is 24.3 Å². The molecule has 10 atom stereocenters. The van der Waals surface area contributed by atoms with E-state index in [0.717, 1.165) is 68.3 Å². The number of benzene rings is 1. The van der Waals surface area contributed by atoms with E-state index in [-0.39, 0.29) is 70.0 Å². The molecule has 5 saturated carbocycles. The van der Waals surface area contributed by atoms with Gasteiger partial charge in [-0.05, 0) is 126 Å². The molecule has 8 rings (SSSR count). The summed E-state index contributed by atoms with van der Waals surface area (Å²) in [6.07, 6.45) is 8.86. The summed E-state index contributed by atoms with van der Waals surface area (Å²) in [4.78, 5) is 53.4. The number of esters is 1. The fraction of sp³-hybridized carbons (Fsp3) is 0.745. The van der Waals surface area contributed by atoms with E-state index in [4.69, 9.17) is 14.2 Å². The van der Waals surface area contributed by atoms with Gasteiger partial charge in [-0.3, -0.25) is 19.2 Å². The minimum atomic E-state index is -0.833. The van der Waals surface area contributed by atoms with E-state index in [1.807, 2.05) is 32.0 Å². The van der Waals surface area contributed by atoms with Gasteiger partial charge in [-0.15, -0.1) is 0 Å². The molecule has 0 radical (unpaired) electrons. The highest BCUT2D eigenvalue weighted by Crippen LogP contribution is 2.77. The summed E-state index contributed by atoms with van der Waals surface area (Å²) in [5.41, 5.74) is 2.12. The van der Waals surface area contributed by atoms with E-state index >= 15 is 0 Å². The maximum absolute atomic E-state index is 14.1. The van der Waals surface area contributed by atoms with Gasteiger partial charge in [0.1, 0.15) is 6.10 Å². The maximum Gasteiger partial charge on any atom is 0.309 e. The number of ketones is 1. The summed E-state index contributed by atoms with van der Waals surface area (Å²) >= 11 is 0. The molecule has 0 aromatic heterocycles. The number of rotatable bonds is 8. The first-order valence-corrected chi connectivity index (χ1v) is 21.6. The van der Waals surface area contributed by atoms with Gasteiger partial charge < -0.3 is 24.6 Å². The second-order valence-corrected chi connectivity index (χ2v) is 21.4. The number of amides is 1. The number of fused-ring (bicyclic) bond motifs is 8. The fourth-order valence-electron chi connectivity index (χ4n) is 14.7. The molecule has 1 aliphatic heterocycles. The number of hydrogen-bond acceptors (Lipinski definition) is 7. The van der Waals surface area contributed by atoms with Gasteiger partial charge in [0.25, 0.3) is 0 Å². The Hall–Kier alpha value is -3.36. The van der Waals surface area contributed by atoms with Gasteiger partial charge in [-0.25, -0.2) is 0 Å². The molecule has 1 unspecified atom stereocenters. The zero-order valence-electron chi connectivity index (χ0n) is 35.3. The van der Waals surface area contributed by atoms with E-state index in [2.05, 4.69) is 53.8 Å². The van der Waals surface area contributed by atoms with Gasteiger partial charge in [0.2, 0.25) is 12.7 Å². The van der Waals surface area contributed by atoms with E-state index in [1.54, 1.807) is 0 Å². The molecule has 306 valence electrons. The van der Waals surface area contributed by atoms with Crippen LogP contribution < -0.4 is 14.8 Å². The van der Waals surface area contributed by atoms with Crippen molar-refractivity contribution in [2.24, 2.45) is 68.0 Å². The summed E-state index contributed by atoms with van der Waals surface area (Å²) in [5, 5.41) is 12.9. The van der Waals surface area contributed by atoms with Crippen molar-refractivity contribution in [3.8, 4) is 11.5 Å². The largest absolute Gasteiger partial charge is 0.481 e. The Morgan fingerprint density at radius 2 is 1.59 bits per heavy atom. The van der Waals surface area contributed by atoms with Crippen LogP contribution in [0.25, 0.3) is 0 Å². The lowest BCUT2D eigenvalue weighted by molar-refractivity contribution is -0.236. The number of ether oxygens (including phenoxy) is 3. The zero-order valence-corrected chi connectivity index (χ0v) is 35.3. The summed E-state index contributed by atoms with van der Waals surface area (Å²) in [5.74, 6) is 0.944. The molecular weight excluding hydrogens is 707 g/mol.